The predicted molar refractivity (Wildman–Crippen MR) is 71.3 cm³/mol. The molecule has 1 aliphatic heterocycles. The van der Waals surface area contributed by atoms with Gasteiger partial charge in [0.05, 0.1) is 19.0 Å². The number of nitrogens with zero attached hydrogens (tertiary/aromatic N) is 1. The van der Waals surface area contributed by atoms with Gasteiger partial charge in [0.2, 0.25) is 5.91 Å². The molecule has 0 radical (unpaired) electrons. The summed E-state index contributed by atoms with van der Waals surface area (Å²) in [6.07, 6.45) is 0. The van der Waals surface area contributed by atoms with Gasteiger partial charge in [-0.1, -0.05) is 12.1 Å². The smallest absolute Gasteiger partial charge is 0.237 e. The molecule has 110 valence electrons. The summed E-state index contributed by atoms with van der Waals surface area (Å²) in [5.41, 5.74) is 0.347. The Bertz CT molecular complexity index is 582. The van der Waals surface area contributed by atoms with Crippen LogP contribution in [0.3, 0.4) is 0 Å². The van der Waals surface area contributed by atoms with Gasteiger partial charge in [-0.2, -0.15) is 0 Å². The maximum atomic E-state index is 13.0. The number of carbonyl (C=O) groups is 1. The number of carbonyl (C=O) groups excluding carboxylic acids is 1. The second-order valence-electron chi connectivity index (χ2n) is 4.66. The van der Waals surface area contributed by atoms with Gasteiger partial charge in [-0.05, 0) is 17.7 Å². The number of morpholine rings is 1. The van der Waals surface area contributed by atoms with Gasteiger partial charge in [-0.15, -0.1) is 0 Å². The molecule has 0 bridgehead atoms. The summed E-state index contributed by atoms with van der Waals surface area (Å²) in [5.74, 6) is -1.80. The number of halogens is 1. The molecule has 0 spiro atoms. The summed E-state index contributed by atoms with van der Waals surface area (Å²) in [7, 11) is -3.60. The van der Waals surface area contributed by atoms with Gasteiger partial charge < -0.3 is 9.64 Å². The highest BCUT2D eigenvalue weighted by molar-refractivity contribution is 7.91. The Morgan fingerprint density at radius 2 is 2.00 bits per heavy atom. The van der Waals surface area contributed by atoms with Crippen molar-refractivity contribution in [2.45, 2.75) is 5.75 Å². The number of rotatable bonds is 4. The fourth-order valence-electron chi connectivity index (χ4n) is 2.02. The Kier molecular flexibility index (Phi) is 4.72. The maximum absolute atomic E-state index is 13.0. The molecule has 2 rings (SSSR count). The average Bonchev–Trinajstić information content (AvgIpc) is 2.38. The van der Waals surface area contributed by atoms with Crippen LogP contribution < -0.4 is 0 Å². The largest absolute Gasteiger partial charge is 0.378 e. The number of benzene rings is 1. The van der Waals surface area contributed by atoms with Crippen LogP contribution in [0, 0.1) is 5.82 Å². The molecule has 1 aromatic rings. The van der Waals surface area contributed by atoms with E-state index in [0.717, 1.165) is 6.07 Å². The van der Waals surface area contributed by atoms with Gasteiger partial charge in [0, 0.05) is 13.1 Å². The highest BCUT2D eigenvalue weighted by atomic mass is 32.2. The van der Waals surface area contributed by atoms with Crippen LogP contribution in [0.25, 0.3) is 0 Å². The third kappa shape index (κ3) is 4.28. The Morgan fingerprint density at radius 3 is 2.65 bits per heavy atom. The molecule has 1 saturated heterocycles. The van der Waals surface area contributed by atoms with E-state index in [9.17, 15) is 17.6 Å². The number of sulfone groups is 1. The van der Waals surface area contributed by atoms with E-state index in [1.807, 2.05) is 0 Å². The fraction of sp³-hybridized carbons (Fsp3) is 0.462. The van der Waals surface area contributed by atoms with Crippen LogP contribution in [0.4, 0.5) is 4.39 Å². The van der Waals surface area contributed by atoms with Gasteiger partial charge in [0.1, 0.15) is 11.6 Å². The molecule has 0 N–H and O–H groups in total. The van der Waals surface area contributed by atoms with Crippen molar-refractivity contribution in [1.82, 2.24) is 4.90 Å². The highest BCUT2D eigenvalue weighted by Crippen LogP contribution is 2.10. The number of ether oxygens (including phenoxy) is 1. The Morgan fingerprint density at radius 1 is 1.30 bits per heavy atom. The lowest BCUT2D eigenvalue weighted by Gasteiger charge is -2.26. The minimum Gasteiger partial charge on any atom is -0.378 e. The molecule has 1 aliphatic rings. The van der Waals surface area contributed by atoms with Crippen molar-refractivity contribution < 1.29 is 22.3 Å². The molecule has 0 atom stereocenters. The summed E-state index contributed by atoms with van der Waals surface area (Å²) in [5, 5.41) is 0. The zero-order valence-electron chi connectivity index (χ0n) is 10.9. The molecule has 0 aliphatic carbocycles. The van der Waals surface area contributed by atoms with Crippen molar-refractivity contribution in [2.24, 2.45) is 0 Å². The van der Waals surface area contributed by atoms with Crippen molar-refractivity contribution in [1.29, 1.82) is 0 Å². The molecule has 1 amide bonds. The van der Waals surface area contributed by atoms with Crippen LogP contribution >= 0.6 is 0 Å². The second-order valence-corrected chi connectivity index (χ2v) is 6.72. The van der Waals surface area contributed by atoms with Crippen LogP contribution in [0.2, 0.25) is 0 Å². The van der Waals surface area contributed by atoms with Crippen LogP contribution in [-0.4, -0.2) is 51.3 Å². The standard InChI is InChI=1S/C13H16FNO4S/c14-12-3-1-2-11(8-12)9-20(17,18)10-13(16)15-4-6-19-7-5-15/h1-3,8H,4-7,9-10H2. The van der Waals surface area contributed by atoms with E-state index in [2.05, 4.69) is 0 Å². The summed E-state index contributed by atoms with van der Waals surface area (Å²) < 4.78 is 42.0. The first kappa shape index (κ1) is 14.9. The topological polar surface area (TPSA) is 63.7 Å². The van der Waals surface area contributed by atoms with E-state index in [1.165, 1.54) is 23.1 Å². The van der Waals surface area contributed by atoms with E-state index in [1.54, 1.807) is 0 Å². The molecule has 1 heterocycles. The van der Waals surface area contributed by atoms with E-state index in [4.69, 9.17) is 4.74 Å². The summed E-state index contributed by atoms with van der Waals surface area (Å²) in [4.78, 5) is 13.4. The number of amides is 1. The van der Waals surface area contributed by atoms with Crippen LogP contribution in [0.1, 0.15) is 5.56 Å². The Labute approximate surface area is 117 Å². The first-order chi connectivity index (χ1) is 9.46. The van der Waals surface area contributed by atoms with Gasteiger partial charge in [-0.3, -0.25) is 4.79 Å². The van der Waals surface area contributed by atoms with Crippen molar-refractivity contribution >= 4 is 15.7 Å². The first-order valence-corrected chi connectivity index (χ1v) is 8.09. The molecule has 0 saturated carbocycles. The molecule has 1 aromatic carbocycles. The molecule has 20 heavy (non-hydrogen) atoms. The van der Waals surface area contributed by atoms with E-state index >= 15 is 0 Å². The normalized spacial score (nSPS) is 16.1. The molecule has 0 aromatic heterocycles. The zero-order chi connectivity index (χ0) is 14.6. The molecule has 5 nitrogen and oxygen atoms in total. The monoisotopic (exact) mass is 301 g/mol. The summed E-state index contributed by atoms with van der Waals surface area (Å²) in [6, 6.07) is 5.38. The quantitative estimate of drug-likeness (QED) is 0.817. The molecular weight excluding hydrogens is 285 g/mol. The lowest BCUT2D eigenvalue weighted by atomic mass is 10.2. The average molecular weight is 301 g/mol. The third-order valence-corrected chi connectivity index (χ3v) is 4.44. The Hall–Kier alpha value is -1.47. The van der Waals surface area contributed by atoms with Crippen molar-refractivity contribution in [3.8, 4) is 0 Å². The van der Waals surface area contributed by atoms with Crippen LogP contribution in [0.5, 0.6) is 0 Å². The first-order valence-electron chi connectivity index (χ1n) is 6.27. The predicted octanol–water partition coefficient (Wildman–Crippen LogP) is 0.599. The third-order valence-electron chi connectivity index (χ3n) is 2.98. The highest BCUT2D eigenvalue weighted by Gasteiger charge is 2.23. The van der Waals surface area contributed by atoms with Crippen molar-refractivity contribution in [3.05, 3.63) is 35.6 Å². The fourth-order valence-corrected chi connectivity index (χ4v) is 3.37. The summed E-state index contributed by atoms with van der Waals surface area (Å²) in [6.45, 7) is 1.67. The van der Waals surface area contributed by atoms with Crippen molar-refractivity contribution in [3.63, 3.8) is 0 Å². The minimum atomic E-state index is -3.60. The van der Waals surface area contributed by atoms with E-state index in [-0.39, 0.29) is 5.75 Å². The lowest BCUT2D eigenvalue weighted by molar-refractivity contribution is -0.132. The number of hydrogen-bond donors (Lipinski definition) is 0. The van der Waals surface area contributed by atoms with Crippen LogP contribution in [-0.2, 0) is 25.1 Å². The molecule has 0 unspecified atom stereocenters. The second kappa shape index (κ2) is 6.32. The SMILES string of the molecule is O=C(CS(=O)(=O)Cc1cccc(F)c1)N1CCOCC1. The van der Waals surface area contributed by atoms with E-state index in [0.29, 0.717) is 31.9 Å². The van der Waals surface area contributed by atoms with Gasteiger partial charge in [0.15, 0.2) is 9.84 Å². The minimum absolute atomic E-state index is 0.333. The van der Waals surface area contributed by atoms with Gasteiger partial charge in [0.25, 0.3) is 0 Å². The van der Waals surface area contributed by atoms with Crippen LogP contribution in [0.15, 0.2) is 24.3 Å². The zero-order valence-corrected chi connectivity index (χ0v) is 11.7. The summed E-state index contributed by atoms with van der Waals surface area (Å²) >= 11 is 0. The Balaban J connectivity index is 1.98. The lowest BCUT2D eigenvalue weighted by Crippen LogP contribution is -2.43. The van der Waals surface area contributed by atoms with Crippen molar-refractivity contribution in [2.75, 3.05) is 32.1 Å². The maximum Gasteiger partial charge on any atom is 0.237 e. The molecule has 7 heteroatoms. The molecule has 1 fully saturated rings. The number of hydrogen-bond acceptors (Lipinski definition) is 4. The van der Waals surface area contributed by atoms with E-state index < -0.39 is 27.3 Å². The van der Waals surface area contributed by atoms with Gasteiger partial charge in [-0.25, -0.2) is 12.8 Å². The molecular formula is C13H16FNO4S. The van der Waals surface area contributed by atoms with Gasteiger partial charge >= 0.3 is 0 Å².